The van der Waals surface area contributed by atoms with Crippen LogP contribution in [0.4, 0.5) is 0 Å². The zero-order valence-corrected chi connectivity index (χ0v) is 14.5. The number of pyridine rings is 1. The summed E-state index contributed by atoms with van der Waals surface area (Å²) in [6.07, 6.45) is 1.62. The largest absolute Gasteiger partial charge is 0.477 e. The van der Waals surface area contributed by atoms with Crippen molar-refractivity contribution in [2.24, 2.45) is 0 Å². The van der Waals surface area contributed by atoms with E-state index in [9.17, 15) is 9.90 Å². The molecule has 126 valence electrons. The van der Waals surface area contributed by atoms with Crippen LogP contribution in [0.5, 0.6) is 0 Å². The molecule has 0 aliphatic heterocycles. The zero-order chi connectivity index (χ0) is 17.8. The van der Waals surface area contributed by atoms with Crippen molar-refractivity contribution < 1.29 is 9.90 Å². The van der Waals surface area contributed by atoms with Crippen molar-refractivity contribution in [2.45, 2.75) is 26.7 Å². The van der Waals surface area contributed by atoms with E-state index in [1.54, 1.807) is 0 Å². The molecule has 0 bridgehead atoms. The van der Waals surface area contributed by atoms with E-state index in [4.69, 9.17) is 0 Å². The Morgan fingerprint density at radius 2 is 1.60 bits per heavy atom. The summed E-state index contributed by atoms with van der Waals surface area (Å²) in [5.74, 6) is -0.984. The minimum Gasteiger partial charge on any atom is -0.477 e. The van der Waals surface area contributed by atoms with E-state index >= 15 is 0 Å². The predicted octanol–water partition coefficient (Wildman–Crippen LogP) is 5.24. The van der Waals surface area contributed by atoms with E-state index in [-0.39, 0.29) is 5.69 Å². The van der Waals surface area contributed by atoms with Crippen LogP contribution >= 0.6 is 0 Å². The van der Waals surface area contributed by atoms with Crippen LogP contribution in [0.25, 0.3) is 22.4 Å². The Bertz CT molecular complexity index is 884. The van der Waals surface area contributed by atoms with Gasteiger partial charge in [-0.2, -0.15) is 0 Å². The van der Waals surface area contributed by atoms with Crippen LogP contribution in [0.3, 0.4) is 0 Å². The van der Waals surface area contributed by atoms with Crippen molar-refractivity contribution >= 4 is 5.97 Å². The molecule has 0 atom stereocenters. The molecule has 3 aromatic rings. The molecule has 2 aromatic carbocycles. The number of hydrogen-bond donors (Lipinski definition) is 1. The lowest BCUT2D eigenvalue weighted by molar-refractivity contribution is 0.0689. The van der Waals surface area contributed by atoms with Crippen molar-refractivity contribution in [2.75, 3.05) is 0 Å². The average molecular weight is 331 g/mol. The summed E-state index contributed by atoms with van der Waals surface area (Å²) in [6.45, 7) is 4.08. The van der Waals surface area contributed by atoms with E-state index in [1.165, 1.54) is 5.56 Å². The van der Waals surface area contributed by atoms with E-state index in [0.29, 0.717) is 12.1 Å². The Hall–Kier alpha value is -2.94. The van der Waals surface area contributed by atoms with Gasteiger partial charge in [-0.3, -0.25) is 0 Å². The summed E-state index contributed by atoms with van der Waals surface area (Å²) in [7, 11) is 0. The second kappa shape index (κ2) is 7.31. The third kappa shape index (κ3) is 3.45. The number of carboxylic acids is 1. The molecule has 0 amide bonds. The summed E-state index contributed by atoms with van der Waals surface area (Å²) in [6, 6.07) is 20.1. The third-order valence-electron chi connectivity index (χ3n) is 4.41. The molecule has 1 aromatic heterocycles. The quantitative estimate of drug-likeness (QED) is 0.695. The van der Waals surface area contributed by atoms with Crippen molar-refractivity contribution in [1.82, 2.24) is 4.98 Å². The predicted molar refractivity (Wildman–Crippen MR) is 101 cm³/mol. The maximum Gasteiger partial charge on any atom is 0.354 e. The van der Waals surface area contributed by atoms with Crippen molar-refractivity contribution in [3.05, 3.63) is 77.5 Å². The van der Waals surface area contributed by atoms with Gasteiger partial charge in [0.15, 0.2) is 5.69 Å². The number of aromatic carboxylic acids is 1. The molecule has 0 fully saturated rings. The van der Waals surface area contributed by atoms with Gasteiger partial charge < -0.3 is 5.11 Å². The molecule has 0 saturated heterocycles. The maximum atomic E-state index is 11.6. The van der Waals surface area contributed by atoms with Crippen molar-refractivity contribution in [1.29, 1.82) is 0 Å². The van der Waals surface area contributed by atoms with Crippen LogP contribution in [0.1, 0.15) is 35.5 Å². The van der Waals surface area contributed by atoms with Gasteiger partial charge in [0.2, 0.25) is 0 Å². The standard InChI is InChI=1S/C22H21NO2/c1-3-15-10-12-17(13-11-15)19-14-16(4-2)21(22(24)25)23-20(19)18-8-6-5-7-9-18/h5-14H,3-4H2,1-2H3,(H,24,25). The lowest BCUT2D eigenvalue weighted by atomic mass is 9.95. The molecule has 3 rings (SSSR count). The fourth-order valence-electron chi connectivity index (χ4n) is 2.97. The van der Waals surface area contributed by atoms with Crippen LogP contribution in [0.15, 0.2) is 60.7 Å². The topological polar surface area (TPSA) is 50.2 Å². The lowest BCUT2D eigenvalue weighted by Crippen LogP contribution is -2.07. The van der Waals surface area contributed by atoms with Gasteiger partial charge in [-0.25, -0.2) is 9.78 Å². The Morgan fingerprint density at radius 1 is 0.920 bits per heavy atom. The Balaban J connectivity index is 2.25. The van der Waals surface area contributed by atoms with Crippen LogP contribution in [-0.4, -0.2) is 16.1 Å². The minimum atomic E-state index is -0.984. The van der Waals surface area contributed by atoms with E-state index in [1.807, 2.05) is 43.3 Å². The molecule has 3 heteroatoms. The lowest BCUT2D eigenvalue weighted by Gasteiger charge is -2.14. The minimum absolute atomic E-state index is 0.135. The van der Waals surface area contributed by atoms with Crippen LogP contribution in [0.2, 0.25) is 0 Å². The highest BCUT2D eigenvalue weighted by Crippen LogP contribution is 2.33. The molecular formula is C22H21NO2. The maximum absolute atomic E-state index is 11.6. The fourth-order valence-corrected chi connectivity index (χ4v) is 2.97. The van der Waals surface area contributed by atoms with Crippen LogP contribution in [0, 0.1) is 0 Å². The number of aromatic nitrogens is 1. The van der Waals surface area contributed by atoms with Gasteiger partial charge in [0, 0.05) is 11.1 Å². The van der Waals surface area contributed by atoms with Gasteiger partial charge in [0.25, 0.3) is 0 Å². The number of nitrogens with zero attached hydrogens (tertiary/aromatic N) is 1. The second-order valence-electron chi connectivity index (χ2n) is 5.97. The van der Waals surface area contributed by atoms with E-state index in [2.05, 4.69) is 36.2 Å². The molecular weight excluding hydrogens is 310 g/mol. The molecule has 0 aliphatic carbocycles. The smallest absolute Gasteiger partial charge is 0.354 e. The first-order valence-electron chi connectivity index (χ1n) is 8.56. The third-order valence-corrected chi connectivity index (χ3v) is 4.41. The number of hydrogen-bond acceptors (Lipinski definition) is 2. The van der Waals surface area contributed by atoms with Gasteiger partial charge in [0.05, 0.1) is 5.69 Å². The number of carbonyl (C=O) groups is 1. The Labute approximate surface area is 148 Å². The Morgan fingerprint density at radius 3 is 2.16 bits per heavy atom. The van der Waals surface area contributed by atoms with Gasteiger partial charge in [-0.1, -0.05) is 68.4 Å². The zero-order valence-electron chi connectivity index (χ0n) is 14.5. The molecule has 25 heavy (non-hydrogen) atoms. The number of aryl methyl sites for hydroxylation is 2. The van der Waals surface area contributed by atoms with E-state index in [0.717, 1.165) is 28.7 Å². The van der Waals surface area contributed by atoms with Crippen LogP contribution in [-0.2, 0) is 12.8 Å². The number of carboxylic acid groups (broad SMARTS) is 1. The first-order valence-corrected chi connectivity index (χ1v) is 8.56. The highest BCUT2D eigenvalue weighted by Gasteiger charge is 2.18. The summed E-state index contributed by atoms with van der Waals surface area (Å²) in [5, 5.41) is 9.54. The first-order chi connectivity index (χ1) is 12.1. The molecule has 1 N–H and O–H groups in total. The molecule has 0 aliphatic rings. The second-order valence-corrected chi connectivity index (χ2v) is 5.97. The number of rotatable bonds is 5. The summed E-state index contributed by atoms with van der Waals surface area (Å²) >= 11 is 0. The molecule has 3 nitrogen and oxygen atoms in total. The highest BCUT2D eigenvalue weighted by atomic mass is 16.4. The van der Waals surface area contributed by atoms with Crippen molar-refractivity contribution in [3.8, 4) is 22.4 Å². The Kier molecular flexibility index (Phi) is 4.94. The summed E-state index contributed by atoms with van der Waals surface area (Å²) < 4.78 is 0. The summed E-state index contributed by atoms with van der Waals surface area (Å²) in [4.78, 5) is 16.2. The first kappa shape index (κ1) is 16.9. The average Bonchev–Trinajstić information content (AvgIpc) is 2.67. The van der Waals surface area contributed by atoms with Crippen molar-refractivity contribution in [3.63, 3.8) is 0 Å². The normalized spacial score (nSPS) is 10.6. The molecule has 0 unspecified atom stereocenters. The SMILES string of the molecule is CCc1ccc(-c2cc(CC)c(C(=O)O)nc2-c2ccccc2)cc1. The van der Waals surface area contributed by atoms with E-state index < -0.39 is 5.97 Å². The van der Waals surface area contributed by atoms with Gasteiger partial charge in [0.1, 0.15) is 0 Å². The van der Waals surface area contributed by atoms with Gasteiger partial charge >= 0.3 is 5.97 Å². The summed E-state index contributed by atoms with van der Waals surface area (Å²) in [5.41, 5.74) is 5.81. The highest BCUT2D eigenvalue weighted by molar-refractivity contribution is 5.91. The van der Waals surface area contributed by atoms with Gasteiger partial charge in [-0.05, 0) is 35.6 Å². The molecule has 0 radical (unpaired) electrons. The fraction of sp³-hybridized carbons (Fsp3) is 0.182. The molecule has 0 saturated carbocycles. The molecule has 1 heterocycles. The molecule has 0 spiro atoms. The number of benzene rings is 2. The van der Waals surface area contributed by atoms with Crippen LogP contribution < -0.4 is 0 Å². The monoisotopic (exact) mass is 331 g/mol. The van der Waals surface area contributed by atoms with Gasteiger partial charge in [-0.15, -0.1) is 0 Å².